The predicted octanol–water partition coefficient (Wildman–Crippen LogP) is 2.13. The van der Waals surface area contributed by atoms with Gasteiger partial charge in [0.1, 0.15) is 18.0 Å². The molecular weight excluding hydrogens is 400 g/mol. The van der Waals surface area contributed by atoms with Gasteiger partial charge in [0.2, 0.25) is 5.91 Å². The van der Waals surface area contributed by atoms with E-state index in [4.69, 9.17) is 14.2 Å². The second kappa shape index (κ2) is 10.6. The topological polar surface area (TPSA) is 94.2 Å². The Labute approximate surface area is 181 Å². The van der Waals surface area contributed by atoms with E-state index in [0.29, 0.717) is 42.3 Å². The number of ketones is 1. The summed E-state index contributed by atoms with van der Waals surface area (Å²) in [6.45, 7) is 2.48. The van der Waals surface area contributed by atoms with Crippen molar-refractivity contribution in [2.45, 2.75) is 13.3 Å². The highest BCUT2D eigenvalue weighted by Gasteiger charge is 2.28. The van der Waals surface area contributed by atoms with E-state index in [0.717, 1.165) is 5.56 Å². The number of hydrogen-bond donors (Lipinski definition) is 1. The maximum absolute atomic E-state index is 12.6. The number of nitrogens with one attached hydrogen (secondary N) is 1. The first kappa shape index (κ1) is 22.3. The van der Waals surface area contributed by atoms with Crippen LogP contribution < -0.4 is 19.7 Å². The molecule has 0 saturated carbocycles. The van der Waals surface area contributed by atoms with Crippen molar-refractivity contribution in [1.82, 2.24) is 5.32 Å². The van der Waals surface area contributed by atoms with Gasteiger partial charge in [0.15, 0.2) is 19.0 Å². The smallest absolute Gasteiger partial charge is 0.265 e. The molecule has 0 fully saturated rings. The number of carbonyl (C=O) groups excluding carboxylic acids is 3. The number of carbonyl (C=O) groups is 3. The van der Waals surface area contributed by atoms with Gasteiger partial charge in [-0.3, -0.25) is 19.3 Å². The summed E-state index contributed by atoms with van der Waals surface area (Å²) >= 11 is 0. The Bertz CT molecular complexity index is 959. The average Bonchev–Trinajstić information content (AvgIpc) is 2.77. The van der Waals surface area contributed by atoms with E-state index in [1.807, 2.05) is 25.1 Å². The van der Waals surface area contributed by atoms with Crippen LogP contribution in [0.25, 0.3) is 0 Å². The number of amides is 2. The Morgan fingerprint density at radius 2 is 2.03 bits per heavy atom. The second-order valence-corrected chi connectivity index (χ2v) is 7.18. The maximum Gasteiger partial charge on any atom is 0.265 e. The van der Waals surface area contributed by atoms with E-state index in [9.17, 15) is 14.4 Å². The number of ether oxygens (including phenoxy) is 3. The van der Waals surface area contributed by atoms with E-state index >= 15 is 0 Å². The van der Waals surface area contributed by atoms with Crippen LogP contribution in [0.15, 0.2) is 42.5 Å². The van der Waals surface area contributed by atoms with Crippen molar-refractivity contribution >= 4 is 23.3 Å². The van der Waals surface area contributed by atoms with Crippen LogP contribution in [0.2, 0.25) is 0 Å². The fraction of sp³-hybridized carbons (Fsp3) is 0.348. The molecule has 0 radical (unpaired) electrons. The summed E-state index contributed by atoms with van der Waals surface area (Å²) in [5.74, 6) is 0.169. The van der Waals surface area contributed by atoms with Gasteiger partial charge >= 0.3 is 0 Å². The van der Waals surface area contributed by atoms with E-state index in [1.165, 1.54) is 4.90 Å². The number of nitrogens with zero attached hydrogens (tertiary/aromatic N) is 1. The highest BCUT2D eigenvalue weighted by atomic mass is 16.5. The monoisotopic (exact) mass is 426 g/mol. The van der Waals surface area contributed by atoms with Crippen LogP contribution in [0.1, 0.15) is 22.3 Å². The molecule has 3 rings (SSSR count). The lowest BCUT2D eigenvalue weighted by molar-refractivity contribution is -0.125. The molecule has 1 aliphatic heterocycles. The van der Waals surface area contributed by atoms with Crippen LogP contribution in [0.4, 0.5) is 5.69 Å². The predicted molar refractivity (Wildman–Crippen MR) is 115 cm³/mol. The first-order valence-corrected chi connectivity index (χ1v) is 10.0. The summed E-state index contributed by atoms with van der Waals surface area (Å²) in [6, 6.07) is 12.2. The van der Waals surface area contributed by atoms with Gasteiger partial charge in [-0.05, 0) is 49.2 Å². The third-order valence-electron chi connectivity index (χ3n) is 4.73. The zero-order valence-corrected chi connectivity index (χ0v) is 17.7. The molecular formula is C23H26N2O6. The molecule has 164 valence electrons. The molecule has 1 aliphatic rings. The Morgan fingerprint density at radius 3 is 2.81 bits per heavy atom. The number of anilines is 1. The number of rotatable bonds is 10. The molecule has 31 heavy (non-hydrogen) atoms. The number of hydrogen-bond acceptors (Lipinski definition) is 6. The zero-order chi connectivity index (χ0) is 22.2. The number of benzene rings is 2. The molecule has 1 heterocycles. The Balaban J connectivity index is 1.68. The summed E-state index contributed by atoms with van der Waals surface area (Å²) in [5.41, 5.74) is 1.80. The number of fused-ring (bicyclic) bond motifs is 1. The summed E-state index contributed by atoms with van der Waals surface area (Å²) in [7, 11) is 1.59. The van der Waals surface area contributed by atoms with Crippen LogP contribution >= 0.6 is 0 Å². The van der Waals surface area contributed by atoms with Gasteiger partial charge in [-0.25, -0.2) is 0 Å². The van der Waals surface area contributed by atoms with Crippen molar-refractivity contribution in [3.8, 4) is 11.5 Å². The summed E-state index contributed by atoms with van der Waals surface area (Å²) < 4.78 is 16.0. The van der Waals surface area contributed by atoms with Gasteiger partial charge in [-0.15, -0.1) is 0 Å². The molecule has 0 atom stereocenters. The highest BCUT2D eigenvalue weighted by molar-refractivity contribution is 6.04. The number of methoxy groups -OCH3 is 1. The van der Waals surface area contributed by atoms with E-state index in [-0.39, 0.29) is 37.4 Å². The minimum absolute atomic E-state index is 0.142. The van der Waals surface area contributed by atoms with Gasteiger partial charge in [-0.1, -0.05) is 12.1 Å². The molecule has 8 heteroatoms. The van der Waals surface area contributed by atoms with Gasteiger partial charge in [0.05, 0.1) is 5.69 Å². The van der Waals surface area contributed by atoms with Crippen LogP contribution in [0, 0.1) is 6.92 Å². The molecule has 0 saturated heterocycles. The third-order valence-corrected chi connectivity index (χ3v) is 4.73. The minimum Gasteiger partial charge on any atom is -0.485 e. The van der Waals surface area contributed by atoms with Gasteiger partial charge in [0, 0.05) is 25.8 Å². The fourth-order valence-electron chi connectivity index (χ4n) is 3.13. The van der Waals surface area contributed by atoms with Crippen molar-refractivity contribution < 1.29 is 28.6 Å². The van der Waals surface area contributed by atoms with Gasteiger partial charge in [0.25, 0.3) is 5.91 Å². The first-order chi connectivity index (χ1) is 15.0. The minimum atomic E-state index is -0.347. The normalized spacial score (nSPS) is 12.7. The largest absolute Gasteiger partial charge is 0.485 e. The van der Waals surface area contributed by atoms with Gasteiger partial charge in [-0.2, -0.15) is 0 Å². The Kier molecular flexibility index (Phi) is 7.61. The molecule has 0 aliphatic carbocycles. The van der Waals surface area contributed by atoms with Crippen molar-refractivity contribution in [1.29, 1.82) is 0 Å². The highest BCUT2D eigenvalue weighted by Crippen LogP contribution is 2.33. The van der Waals surface area contributed by atoms with E-state index in [2.05, 4.69) is 5.32 Å². The zero-order valence-electron chi connectivity index (χ0n) is 17.7. The van der Waals surface area contributed by atoms with Crippen LogP contribution in [0.5, 0.6) is 11.5 Å². The Hall–Kier alpha value is -3.39. The van der Waals surface area contributed by atoms with Crippen molar-refractivity contribution in [2.75, 3.05) is 44.9 Å². The van der Waals surface area contributed by atoms with E-state index in [1.54, 1.807) is 31.4 Å². The lowest BCUT2D eigenvalue weighted by atomic mass is 10.1. The SMILES string of the molecule is COCCCNC(=O)CN1C(=O)COc2ccc(C(=O)COc3cccc(C)c3)cc21. The standard InChI is InChI=1S/C23H26N2O6/c1-16-5-3-6-18(11-16)30-14-20(26)17-7-8-21-19(12-17)25(23(28)15-31-21)13-22(27)24-9-4-10-29-2/h3,5-8,11-12H,4,9-10,13-15H2,1-2H3,(H,24,27). The van der Waals surface area contributed by atoms with Crippen molar-refractivity contribution in [3.63, 3.8) is 0 Å². The fourth-order valence-corrected chi connectivity index (χ4v) is 3.13. The first-order valence-electron chi connectivity index (χ1n) is 10.0. The van der Waals surface area contributed by atoms with Crippen LogP contribution in [-0.4, -0.2) is 57.6 Å². The lowest BCUT2D eigenvalue weighted by Crippen LogP contribution is -2.45. The quantitative estimate of drug-likeness (QED) is 0.462. The number of Topliss-reactive ketones (excluding diaryl/α,β-unsaturated/α-hetero) is 1. The molecule has 8 nitrogen and oxygen atoms in total. The third kappa shape index (κ3) is 6.05. The van der Waals surface area contributed by atoms with Crippen molar-refractivity contribution in [2.24, 2.45) is 0 Å². The molecule has 1 N–H and O–H groups in total. The van der Waals surface area contributed by atoms with E-state index < -0.39 is 0 Å². The molecule has 2 aromatic carbocycles. The van der Waals surface area contributed by atoms with Gasteiger partial charge < -0.3 is 19.5 Å². The maximum atomic E-state index is 12.6. The summed E-state index contributed by atoms with van der Waals surface area (Å²) in [5, 5.41) is 2.76. The summed E-state index contributed by atoms with van der Waals surface area (Å²) in [6.07, 6.45) is 0.676. The Morgan fingerprint density at radius 1 is 1.19 bits per heavy atom. The van der Waals surface area contributed by atoms with Crippen LogP contribution in [0.3, 0.4) is 0 Å². The lowest BCUT2D eigenvalue weighted by Gasteiger charge is -2.29. The molecule has 0 aromatic heterocycles. The summed E-state index contributed by atoms with van der Waals surface area (Å²) in [4.78, 5) is 38.6. The second-order valence-electron chi connectivity index (χ2n) is 7.18. The van der Waals surface area contributed by atoms with Crippen LogP contribution in [-0.2, 0) is 14.3 Å². The number of aryl methyl sites for hydroxylation is 1. The average molecular weight is 426 g/mol. The molecule has 0 unspecified atom stereocenters. The molecule has 0 spiro atoms. The molecule has 2 amide bonds. The molecule has 0 bridgehead atoms. The molecule has 2 aromatic rings. The van der Waals surface area contributed by atoms with Crippen molar-refractivity contribution in [3.05, 3.63) is 53.6 Å².